The Bertz CT molecular complexity index is 577. The summed E-state index contributed by atoms with van der Waals surface area (Å²) in [4.78, 5) is 21.0. The van der Waals surface area contributed by atoms with Crippen molar-refractivity contribution in [1.29, 1.82) is 0 Å². The lowest BCUT2D eigenvalue weighted by molar-refractivity contribution is -0.138. The molecule has 0 radical (unpaired) electrons. The first-order chi connectivity index (χ1) is 21.8. The Kier molecular flexibility index (Phi) is 33.5. The number of rotatable bonds is 38. The summed E-state index contributed by atoms with van der Waals surface area (Å²) in [7, 11) is 0. The third kappa shape index (κ3) is 39.0. The normalized spacial score (nSPS) is 11.8. The summed E-state index contributed by atoms with van der Waals surface area (Å²) in [5.74, 6) is -1.31. The summed E-state index contributed by atoms with van der Waals surface area (Å²) in [6, 6.07) is 0. The van der Waals surface area contributed by atoms with E-state index < -0.39 is 11.9 Å². The minimum Gasteiger partial charge on any atom is -0.481 e. The number of carbonyl (C=O) groups is 2. The molecule has 0 rings (SSSR count). The van der Waals surface area contributed by atoms with Crippen molar-refractivity contribution in [3.63, 3.8) is 0 Å². The number of carboxylic acids is 2. The van der Waals surface area contributed by atoms with Crippen molar-refractivity contribution in [3.05, 3.63) is 0 Å². The van der Waals surface area contributed by atoms with Gasteiger partial charge >= 0.3 is 11.9 Å². The molecule has 0 aromatic heterocycles. The van der Waals surface area contributed by atoms with Gasteiger partial charge in [0.1, 0.15) is 0 Å². The zero-order valence-corrected chi connectivity index (χ0v) is 30.7. The van der Waals surface area contributed by atoms with E-state index in [0.29, 0.717) is 18.3 Å². The fourth-order valence-electron chi connectivity index (χ4n) is 6.83. The van der Waals surface area contributed by atoms with Gasteiger partial charge in [0.25, 0.3) is 0 Å². The van der Waals surface area contributed by atoms with Crippen molar-refractivity contribution >= 4 is 11.9 Å². The van der Waals surface area contributed by atoms with E-state index in [1.54, 1.807) is 0 Å². The lowest BCUT2D eigenvalue weighted by Gasteiger charge is -2.24. The number of carboxylic acid groups (broad SMARTS) is 2. The molecular weight excluding hydrogens is 556 g/mol. The summed E-state index contributed by atoms with van der Waals surface area (Å²) < 4.78 is 0. The summed E-state index contributed by atoms with van der Waals surface area (Å²) in [6.45, 7) is 5.00. The molecule has 0 aromatic rings. The monoisotopic (exact) mass is 637 g/mol. The number of hydrogen-bond acceptors (Lipinski definition) is 2. The lowest BCUT2D eigenvalue weighted by Crippen LogP contribution is -2.11. The van der Waals surface area contributed by atoms with Crippen molar-refractivity contribution in [1.82, 2.24) is 0 Å². The Morgan fingerprint density at radius 2 is 0.467 bits per heavy atom. The predicted octanol–water partition coefficient (Wildman–Crippen LogP) is 14.2. The van der Waals surface area contributed by atoms with Crippen LogP contribution >= 0.6 is 0 Å². The molecule has 0 atom stereocenters. The molecular formula is C41H80O4. The average molecular weight is 637 g/mol. The topological polar surface area (TPSA) is 74.6 Å². The van der Waals surface area contributed by atoms with Gasteiger partial charge < -0.3 is 10.2 Å². The zero-order chi connectivity index (χ0) is 33.1. The van der Waals surface area contributed by atoms with Crippen LogP contribution < -0.4 is 0 Å². The molecule has 45 heavy (non-hydrogen) atoms. The van der Waals surface area contributed by atoms with Crippen LogP contribution in [0.2, 0.25) is 0 Å². The summed E-state index contributed by atoms with van der Waals surface area (Å²) >= 11 is 0. The van der Waals surface area contributed by atoms with E-state index in [4.69, 9.17) is 10.2 Å². The quantitative estimate of drug-likeness (QED) is 0.0661. The van der Waals surface area contributed by atoms with Gasteiger partial charge in [-0.2, -0.15) is 0 Å². The van der Waals surface area contributed by atoms with Crippen molar-refractivity contribution in [3.8, 4) is 0 Å². The molecule has 0 amide bonds. The highest BCUT2D eigenvalue weighted by molar-refractivity contribution is 5.66. The molecule has 0 aliphatic rings. The van der Waals surface area contributed by atoms with E-state index in [9.17, 15) is 9.59 Å². The van der Waals surface area contributed by atoms with E-state index in [0.717, 1.165) is 25.7 Å². The predicted molar refractivity (Wildman–Crippen MR) is 195 cm³/mol. The number of hydrogen-bond donors (Lipinski definition) is 2. The van der Waals surface area contributed by atoms with Gasteiger partial charge in [0.15, 0.2) is 0 Å². The molecule has 4 nitrogen and oxygen atoms in total. The highest BCUT2D eigenvalue weighted by Crippen LogP contribution is 2.30. The molecule has 0 saturated carbocycles. The van der Waals surface area contributed by atoms with Crippen LogP contribution in [-0.2, 0) is 9.59 Å². The van der Waals surface area contributed by atoms with Gasteiger partial charge in [0.2, 0.25) is 0 Å². The van der Waals surface area contributed by atoms with E-state index in [-0.39, 0.29) is 0 Å². The van der Waals surface area contributed by atoms with E-state index in [1.807, 2.05) is 0 Å². The standard InChI is InChI=1S/C41H80O4/c1-41(2,37-33-29-25-21-17-13-9-5-3-7-11-15-19-23-27-31-35-39(42)43)38-34-30-26-22-18-14-10-6-4-8-12-16-20-24-28-32-36-40(44)45/h3-38H2,1-2H3,(H,42,43)(H,44,45). The maximum atomic E-state index is 10.5. The fourth-order valence-corrected chi connectivity index (χ4v) is 6.83. The molecule has 2 N–H and O–H groups in total. The molecule has 0 bridgehead atoms. The second-order valence-corrected chi connectivity index (χ2v) is 15.3. The average Bonchev–Trinajstić information content (AvgIpc) is 2.99. The van der Waals surface area contributed by atoms with Crippen LogP contribution in [0.15, 0.2) is 0 Å². The van der Waals surface area contributed by atoms with Gasteiger partial charge in [-0.3, -0.25) is 9.59 Å². The number of unbranched alkanes of at least 4 members (excludes halogenated alkanes) is 30. The molecule has 0 aliphatic heterocycles. The van der Waals surface area contributed by atoms with E-state index >= 15 is 0 Å². The second kappa shape index (κ2) is 34.3. The van der Waals surface area contributed by atoms with Crippen molar-refractivity contribution in [2.45, 2.75) is 245 Å². The number of aliphatic carboxylic acids is 2. The van der Waals surface area contributed by atoms with Crippen molar-refractivity contribution in [2.24, 2.45) is 5.41 Å². The molecule has 0 unspecified atom stereocenters. The highest BCUT2D eigenvalue weighted by atomic mass is 16.4. The van der Waals surface area contributed by atoms with E-state index in [2.05, 4.69) is 13.8 Å². The van der Waals surface area contributed by atoms with Crippen LogP contribution in [0.1, 0.15) is 245 Å². The molecule has 0 heterocycles. The maximum Gasteiger partial charge on any atom is 0.303 e. The molecule has 0 saturated heterocycles. The van der Waals surface area contributed by atoms with Gasteiger partial charge in [-0.25, -0.2) is 0 Å². The Morgan fingerprint density at radius 3 is 0.644 bits per heavy atom. The minimum absolute atomic E-state index is 0.339. The molecule has 0 aromatic carbocycles. The van der Waals surface area contributed by atoms with E-state index in [1.165, 1.54) is 193 Å². The third-order valence-corrected chi connectivity index (χ3v) is 9.99. The Hall–Kier alpha value is -1.06. The highest BCUT2D eigenvalue weighted by Gasteiger charge is 2.16. The van der Waals surface area contributed by atoms with Gasteiger partial charge in [-0.1, -0.05) is 206 Å². The molecule has 0 aliphatic carbocycles. The first-order valence-corrected chi connectivity index (χ1v) is 20.3. The van der Waals surface area contributed by atoms with Gasteiger partial charge in [-0.05, 0) is 31.1 Å². The Balaban J connectivity index is 3.27. The van der Waals surface area contributed by atoms with Crippen molar-refractivity contribution < 1.29 is 19.8 Å². The summed E-state index contributed by atoms with van der Waals surface area (Å²) in [5, 5.41) is 17.3. The SMILES string of the molecule is CC(C)(CCCCCCCCCCCCCCCCCCC(=O)O)CCCCCCCCCCCCCCCCCCC(=O)O. The zero-order valence-electron chi connectivity index (χ0n) is 30.7. The largest absolute Gasteiger partial charge is 0.481 e. The molecule has 0 spiro atoms. The smallest absolute Gasteiger partial charge is 0.303 e. The lowest BCUT2D eigenvalue weighted by atomic mass is 9.81. The van der Waals surface area contributed by atoms with Crippen LogP contribution in [-0.4, -0.2) is 22.2 Å². The summed E-state index contributed by atoms with van der Waals surface area (Å²) in [5.41, 5.74) is 0.528. The van der Waals surface area contributed by atoms with Crippen LogP contribution in [0, 0.1) is 5.41 Å². The second-order valence-electron chi connectivity index (χ2n) is 15.3. The molecule has 268 valence electrons. The van der Waals surface area contributed by atoms with Crippen LogP contribution in [0.5, 0.6) is 0 Å². The Morgan fingerprint density at radius 1 is 0.311 bits per heavy atom. The Labute approximate surface area is 281 Å². The van der Waals surface area contributed by atoms with Crippen LogP contribution in [0.25, 0.3) is 0 Å². The van der Waals surface area contributed by atoms with Crippen LogP contribution in [0.3, 0.4) is 0 Å². The third-order valence-electron chi connectivity index (χ3n) is 9.99. The minimum atomic E-state index is -0.654. The van der Waals surface area contributed by atoms with Gasteiger partial charge in [0, 0.05) is 12.8 Å². The molecule has 4 heteroatoms. The summed E-state index contributed by atoms with van der Waals surface area (Å²) in [6.07, 6.45) is 46.1. The van der Waals surface area contributed by atoms with Crippen LogP contribution in [0.4, 0.5) is 0 Å². The maximum absolute atomic E-state index is 10.5. The fraction of sp³-hybridized carbons (Fsp3) is 0.951. The van der Waals surface area contributed by atoms with Gasteiger partial charge in [0.05, 0.1) is 0 Å². The molecule has 0 fully saturated rings. The van der Waals surface area contributed by atoms with Crippen molar-refractivity contribution in [2.75, 3.05) is 0 Å². The first-order valence-electron chi connectivity index (χ1n) is 20.3. The first kappa shape index (κ1) is 43.9. The van der Waals surface area contributed by atoms with Gasteiger partial charge in [-0.15, -0.1) is 0 Å².